The van der Waals surface area contributed by atoms with Crippen LogP contribution >= 0.6 is 24.2 Å². The SMILES string of the molecule is CNC1CCCN(C(=O)c2ccc(SCCC(C)C)c([N+](=O)[O-])c2)C1.Cl. The predicted octanol–water partition coefficient (Wildman–Crippen LogP) is 3.98. The molecule has 1 aromatic carbocycles. The van der Waals surface area contributed by atoms with Gasteiger partial charge in [0, 0.05) is 30.8 Å². The molecule has 8 heteroatoms. The topological polar surface area (TPSA) is 75.5 Å². The molecule has 1 aromatic rings. The minimum atomic E-state index is -0.388. The van der Waals surface area contributed by atoms with Gasteiger partial charge >= 0.3 is 0 Å². The summed E-state index contributed by atoms with van der Waals surface area (Å²) in [5.74, 6) is 1.27. The summed E-state index contributed by atoms with van der Waals surface area (Å²) >= 11 is 1.49. The number of nitro groups is 1. The molecule has 1 saturated heterocycles. The van der Waals surface area contributed by atoms with Gasteiger partial charge in [-0.2, -0.15) is 0 Å². The van der Waals surface area contributed by atoms with E-state index in [1.165, 1.54) is 17.8 Å². The molecule has 1 unspecified atom stereocenters. The first-order valence-electron chi connectivity index (χ1n) is 8.80. The van der Waals surface area contributed by atoms with E-state index in [-0.39, 0.29) is 28.9 Å². The standard InChI is InChI=1S/C18H27N3O3S.ClH/c1-13(2)8-10-25-17-7-6-14(11-16(17)21(23)24)18(22)20-9-4-5-15(12-20)19-3;/h6-7,11,13,15,19H,4-5,8-10,12H2,1-3H3;1H. The van der Waals surface area contributed by atoms with Crippen LogP contribution in [0.2, 0.25) is 0 Å². The number of nitro benzene ring substituents is 1. The Morgan fingerprint density at radius 3 is 2.81 bits per heavy atom. The van der Waals surface area contributed by atoms with Crippen LogP contribution in [0.25, 0.3) is 0 Å². The number of hydrogen-bond donors (Lipinski definition) is 1. The Morgan fingerprint density at radius 1 is 1.46 bits per heavy atom. The Labute approximate surface area is 165 Å². The van der Waals surface area contributed by atoms with E-state index >= 15 is 0 Å². The Morgan fingerprint density at radius 2 is 2.19 bits per heavy atom. The number of benzene rings is 1. The Balaban J connectivity index is 0.00000338. The smallest absolute Gasteiger partial charge is 0.283 e. The summed E-state index contributed by atoms with van der Waals surface area (Å²) in [6.45, 7) is 5.62. The van der Waals surface area contributed by atoms with Crippen molar-refractivity contribution in [2.24, 2.45) is 5.92 Å². The van der Waals surface area contributed by atoms with Gasteiger partial charge in [0.15, 0.2) is 0 Å². The molecular formula is C18H28ClN3O3S. The van der Waals surface area contributed by atoms with Gasteiger partial charge < -0.3 is 10.2 Å². The van der Waals surface area contributed by atoms with E-state index in [4.69, 9.17) is 0 Å². The molecule has 0 radical (unpaired) electrons. The third-order valence-corrected chi connectivity index (χ3v) is 5.57. The summed E-state index contributed by atoms with van der Waals surface area (Å²) in [5.41, 5.74) is 0.429. The molecule has 0 bridgehead atoms. The second kappa shape index (κ2) is 10.7. The van der Waals surface area contributed by atoms with Crippen molar-refractivity contribution in [3.05, 3.63) is 33.9 Å². The van der Waals surface area contributed by atoms with E-state index in [1.807, 2.05) is 7.05 Å². The average molecular weight is 402 g/mol. The molecule has 0 spiro atoms. The first kappa shape index (κ1) is 22.7. The number of carbonyl (C=O) groups excluding carboxylic acids is 1. The van der Waals surface area contributed by atoms with Crippen LogP contribution in [-0.2, 0) is 0 Å². The van der Waals surface area contributed by atoms with Crippen molar-refractivity contribution in [2.75, 3.05) is 25.9 Å². The fraction of sp³-hybridized carbons (Fsp3) is 0.611. The van der Waals surface area contributed by atoms with E-state index in [1.54, 1.807) is 17.0 Å². The largest absolute Gasteiger partial charge is 0.337 e. The molecule has 0 saturated carbocycles. The summed E-state index contributed by atoms with van der Waals surface area (Å²) in [5, 5.41) is 14.6. The van der Waals surface area contributed by atoms with E-state index in [0.29, 0.717) is 35.5 Å². The molecule has 1 N–H and O–H groups in total. The van der Waals surface area contributed by atoms with Crippen LogP contribution in [0.3, 0.4) is 0 Å². The van der Waals surface area contributed by atoms with Gasteiger partial charge in [-0.1, -0.05) is 13.8 Å². The Hall–Kier alpha value is -1.31. The molecule has 1 amide bonds. The van der Waals surface area contributed by atoms with Crippen LogP contribution in [0.5, 0.6) is 0 Å². The Bertz CT molecular complexity index is 628. The highest BCUT2D eigenvalue weighted by Crippen LogP contribution is 2.31. The monoisotopic (exact) mass is 401 g/mol. The highest BCUT2D eigenvalue weighted by atomic mass is 35.5. The molecule has 0 aliphatic carbocycles. The van der Waals surface area contributed by atoms with Crippen LogP contribution in [-0.4, -0.2) is 47.7 Å². The summed E-state index contributed by atoms with van der Waals surface area (Å²) in [4.78, 5) is 26.2. The van der Waals surface area contributed by atoms with Crippen LogP contribution in [0.15, 0.2) is 23.1 Å². The quantitative estimate of drug-likeness (QED) is 0.425. The molecule has 1 aliphatic rings. The van der Waals surface area contributed by atoms with Gasteiger partial charge in [0.25, 0.3) is 11.6 Å². The second-order valence-corrected chi connectivity index (χ2v) is 7.99. The predicted molar refractivity (Wildman–Crippen MR) is 109 cm³/mol. The van der Waals surface area contributed by atoms with E-state index in [0.717, 1.165) is 25.0 Å². The zero-order valence-electron chi connectivity index (χ0n) is 15.6. The lowest BCUT2D eigenvalue weighted by atomic mass is 10.0. The van der Waals surface area contributed by atoms with Gasteiger partial charge in [0.2, 0.25) is 0 Å². The van der Waals surface area contributed by atoms with Crippen molar-refractivity contribution in [1.82, 2.24) is 10.2 Å². The normalized spacial score (nSPS) is 17.1. The summed E-state index contributed by atoms with van der Waals surface area (Å²) in [7, 11) is 1.90. The highest BCUT2D eigenvalue weighted by molar-refractivity contribution is 7.99. The minimum absolute atomic E-state index is 0. The zero-order chi connectivity index (χ0) is 18.4. The lowest BCUT2D eigenvalue weighted by Crippen LogP contribution is -2.46. The molecule has 0 aromatic heterocycles. The first-order chi connectivity index (χ1) is 11.9. The number of nitrogens with zero attached hydrogens (tertiary/aromatic N) is 2. The van der Waals surface area contributed by atoms with Crippen molar-refractivity contribution in [2.45, 2.75) is 44.0 Å². The number of likely N-dealkylation sites (N-methyl/N-ethyl adjacent to an activating group) is 1. The van der Waals surface area contributed by atoms with Gasteiger partial charge in [-0.3, -0.25) is 14.9 Å². The van der Waals surface area contributed by atoms with E-state index in [9.17, 15) is 14.9 Å². The zero-order valence-corrected chi connectivity index (χ0v) is 17.2. The van der Waals surface area contributed by atoms with Gasteiger partial charge in [0.1, 0.15) is 0 Å². The van der Waals surface area contributed by atoms with E-state index in [2.05, 4.69) is 19.2 Å². The number of thioether (sulfide) groups is 1. The lowest BCUT2D eigenvalue weighted by molar-refractivity contribution is -0.387. The van der Waals surface area contributed by atoms with Crippen molar-refractivity contribution in [1.29, 1.82) is 0 Å². The molecule has 1 fully saturated rings. The number of halogens is 1. The number of carbonyl (C=O) groups is 1. The molecule has 1 heterocycles. The van der Waals surface area contributed by atoms with Crippen molar-refractivity contribution < 1.29 is 9.72 Å². The first-order valence-corrected chi connectivity index (χ1v) is 9.78. The van der Waals surface area contributed by atoms with Crippen LogP contribution < -0.4 is 5.32 Å². The fourth-order valence-electron chi connectivity index (χ4n) is 2.90. The van der Waals surface area contributed by atoms with Gasteiger partial charge in [-0.15, -0.1) is 24.2 Å². The summed E-state index contributed by atoms with van der Waals surface area (Å²) in [6.07, 6.45) is 3.00. The van der Waals surface area contributed by atoms with Gasteiger partial charge in [-0.05, 0) is 50.1 Å². The average Bonchev–Trinajstić information content (AvgIpc) is 2.61. The van der Waals surface area contributed by atoms with Crippen LogP contribution in [0, 0.1) is 16.0 Å². The maximum absolute atomic E-state index is 12.7. The van der Waals surface area contributed by atoms with Crippen LogP contribution in [0.1, 0.15) is 43.5 Å². The fourth-order valence-corrected chi connectivity index (χ4v) is 4.15. The number of likely N-dealkylation sites (tertiary alicyclic amines) is 1. The number of rotatable bonds is 7. The van der Waals surface area contributed by atoms with Crippen molar-refractivity contribution in [3.63, 3.8) is 0 Å². The van der Waals surface area contributed by atoms with E-state index < -0.39 is 0 Å². The number of hydrogen-bond acceptors (Lipinski definition) is 5. The maximum Gasteiger partial charge on any atom is 0.283 e. The highest BCUT2D eigenvalue weighted by Gasteiger charge is 2.25. The van der Waals surface area contributed by atoms with Crippen molar-refractivity contribution in [3.8, 4) is 0 Å². The molecule has 2 rings (SSSR count). The second-order valence-electron chi connectivity index (χ2n) is 6.85. The third kappa shape index (κ3) is 6.14. The third-order valence-electron chi connectivity index (χ3n) is 4.47. The number of piperidine rings is 1. The minimum Gasteiger partial charge on any atom is -0.337 e. The summed E-state index contributed by atoms with van der Waals surface area (Å²) < 4.78 is 0. The molecule has 1 atom stereocenters. The molecule has 6 nitrogen and oxygen atoms in total. The van der Waals surface area contributed by atoms with Gasteiger partial charge in [0.05, 0.1) is 9.82 Å². The number of amides is 1. The summed E-state index contributed by atoms with van der Waals surface area (Å²) in [6, 6.07) is 5.16. The lowest BCUT2D eigenvalue weighted by Gasteiger charge is -2.32. The van der Waals surface area contributed by atoms with Gasteiger partial charge in [-0.25, -0.2) is 0 Å². The molecular weight excluding hydrogens is 374 g/mol. The maximum atomic E-state index is 12.7. The van der Waals surface area contributed by atoms with Crippen molar-refractivity contribution >= 4 is 35.8 Å². The Kier molecular flexibility index (Phi) is 9.39. The molecule has 1 aliphatic heterocycles. The molecule has 146 valence electrons. The number of nitrogens with one attached hydrogen (secondary N) is 1. The van der Waals surface area contributed by atoms with Crippen LogP contribution in [0.4, 0.5) is 5.69 Å². The molecule has 26 heavy (non-hydrogen) atoms.